The molecule has 0 aliphatic carbocycles. The van der Waals surface area contributed by atoms with Gasteiger partial charge in [-0.05, 0) is 11.6 Å². The fourth-order valence-corrected chi connectivity index (χ4v) is 4.95. The molecule has 0 bridgehead atoms. The Morgan fingerprint density at radius 2 is 1.30 bits per heavy atom. The van der Waals surface area contributed by atoms with Crippen LogP contribution in [-0.4, -0.2) is 16.8 Å². The molecule has 106 valence electrons. The van der Waals surface area contributed by atoms with E-state index in [1.165, 1.54) is 12.1 Å². The molecular formula is C12H8Cl2O4S2. The lowest BCUT2D eigenvalue weighted by atomic mass is 10.1. The van der Waals surface area contributed by atoms with E-state index in [9.17, 15) is 16.8 Å². The van der Waals surface area contributed by atoms with Crippen LogP contribution in [0.2, 0.25) is 0 Å². The van der Waals surface area contributed by atoms with E-state index in [4.69, 9.17) is 21.4 Å². The Labute approximate surface area is 125 Å². The van der Waals surface area contributed by atoms with Gasteiger partial charge in [0.1, 0.15) is 9.79 Å². The fraction of sp³-hybridized carbons (Fsp3) is 0. The minimum Gasteiger partial charge on any atom is -0.207 e. The molecule has 2 aromatic carbocycles. The standard InChI is InChI=1S/C12H8Cl2O4S2/c13-19(15,16)11-8-4-7-10(12(11)20(14,17)18)9-5-2-1-3-6-9/h1-8H. The van der Waals surface area contributed by atoms with Crippen LogP contribution in [0.25, 0.3) is 11.1 Å². The molecule has 0 aliphatic heterocycles. The van der Waals surface area contributed by atoms with Crippen LogP contribution in [0.3, 0.4) is 0 Å². The van der Waals surface area contributed by atoms with Gasteiger partial charge in [0, 0.05) is 26.9 Å². The molecule has 0 saturated carbocycles. The van der Waals surface area contributed by atoms with Crippen molar-refractivity contribution in [3.63, 3.8) is 0 Å². The topological polar surface area (TPSA) is 68.3 Å². The maximum absolute atomic E-state index is 11.7. The Bertz CT molecular complexity index is 844. The number of hydrogen-bond acceptors (Lipinski definition) is 4. The molecule has 4 nitrogen and oxygen atoms in total. The maximum atomic E-state index is 11.7. The molecule has 0 unspecified atom stereocenters. The highest BCUT2D eigenvalue weighted by atomic mass is 35.7. The molecule has 0 fully saturated rings. The molecule has 2 rings (SSSR count). The molecule has 0 aromatic heterocycles. The van der Waals surface area contributed by atoms with E-state index in [-0.39, 0.29) is 5.56 Å². The summed E-state index contributed by atoms with van der Waals surface area (Å²) in [5, 5.41) is 0. The summed E-state index contributed by atoms with van der Waals surface area (Å²) >= 11 is 0. The van der Waals surface area contributed by atoms with Crippen LogP contribution in [0.15, 0.2) is 58.3 Å². The van der Waals surface area contributed by atoms with Crippen LogP contribution in [0.1, 0.15) is 0 Å². The monoisotopic (exact) mass is 350 g/mol. The zero-order chi connectivity index (χ0) is 15.0. The first-order valence-electron chi connectivity index (χ1n) is 5.29. The Morgan fingerprint density at radius 3 is 1.80 bits per heavy atom. The van der Waals surface area contributed by atoms with Crippen molar-refractivity contribution in [1.82, 2.24) is 0 Å². The van der Waals surface area contributed by atoms with E-state index >= 15 is 0 Å². The zero-order valence-corrected chi connectivity index (χ0v) is 13.0. The highest BCUT2D eigenvalue weighted by Gasteiger charge is 2.27. The van der Waals surface area contributed by atoms with Gasteiger partial charge in [0.05, 0.1) is 0 Å². The van der Waals surface area contributed by atoms with Gasteiger partial charge in [-0.15, -0.1) is 0 Å². The van der Waals surface area contributed by atoms with Gasteiger partial charge < -0.3 is 0 Å². The number of benzene rings is 2. The van der Waals surface area contributed by atoms with Crippen molar-refractivity contribution in [2.45, 2.75) is 9.79 Å². The van der Waals surface area contributed by atoms with Crippen LogP contribution in [0, 0.1) is 0 Å². The molecule has 0 amide bonds. The quantitative estimate of drug-likeness (QED) is 0.797. The lowest BCUT2D eigenvalue weighted by Crippen LogP contribution is -2.03. The first kappa shape index (κ1) is 15.3. The van der Waals surface area contributed by atoms with Crippen molar-refractivity contribution < 1.29 is 16.8 Å². The van der Waals surface area contributed by atoms with Crippen molar-refractivity contribution in [3.8, 4) is 11.1 Å². The van der Waals surface area contributed by atoms with E-state index in [1.807, 2.05) is 0 Å². The summed E-state index contributed by atoms with van der Waals surface area (Å²) in [5.74, 6) is 0. The number of halogens is 2. The fourth-order valence-electron chi connectivity index (χ4n) is 1.80. The molecule has 0 heterocycles. The number of rotatable bonds is 3. The molecule has 0 aliphatic rings. The third kappa shape index (κ3) is 3.15. The first-order valence-corrected chi connectivity index (χ1v) is 9.91. The van der Waals surface area contributed by atoms with Crippen LogP contribution in [0.5, 0.6) is 0 Å². The van der Waals surface area contributed by atoms with E-state index < -0.39 is 27.9 Å². The van der Waals surface area contributed by atoms with Gasteiger partial charge in [0.2, 0.25) is 0 Å². The summed E-state index contributed by atoms with van der Waals surface area (Å²) < 4.78 is 46.5. The molecular weight excluding hydrogens is 343 g/mol. The molecule has 0 N–H and O–H groups in total. The summed E-state index contributed by atoms with van der Waals surface area (Å²) in [5.41, 5.74) is 0.705. The van der Waals surface area contributed by atoms with E-state index in [0.29, 0.717) is 5.56 Å². The second kappa shape index (κ2) is 5.37. The van der Waals surface area contributed by atoms with E-state index in [1.54, 1.807) is 30.3 Å². The third-order valence-corrected chi connectivity index (χ3v) is 5.45. The van der Waals surface area contributed by atoms with Crippen molar-refractivity contribution in [2.75, 3.05) is 0 Å². The lowest BCUT2D eigenvalue weighted by molar-refractivity contribution is 0.597. The van der Waals surface area contributed by atoms with Gasteiger partial charge in [-0.3, -0.25) is 0 Å². The van der Waals surface area contributed by atoms with Gasteiger partial charge in [-0.25, -0.2) is 16.8 Å². The average molecular weight is 351 g/mol. The largest absolute Gasteiger partial charge is 0.263 e. The second-order valence-electron chi connectivity index (χ2n) is 3.87. The second-order valence-corrected chi connectivity index (χ2v) is 8.91. The van der Waals surface area contributed by atoms with Crippen LogP contribution >= 0.6 is 21.4 Å². The molecule has 0 atom stereocenters. The van der Waals surface area contributed by atoms with Crippen molar-refractivity contribution >= 4 is 39.5 Å². The van der Waals surface area contributed by atoms with Gasteiger partial charge in [0.15, 0.2) is 0 Å². The smallest absolute Gasteiger partial charge is 0.207 e. The molecule has 2 aromatic rings. The summed E-state index contributed by atoms with van der Waals surface area (Å²) in [6, 6.07) is 12.4. The normalized spacial score (nSPS) is 12.3. The highest BCUT2D eigenvalue weighted by Crippen LogP contribution is 2.35. The first-order chi connectivity index (χ1) is 9.21. The van der Waals surface area contributed by atoms with E-state index in [0.717, 1.165) is 6.07 Å². The number of hydrogen-bond donors (Lipinski definition) is 0. The molecule has 0 radical (unpaired) electrons. The zero-order valence-electron chi connectivity index (χ0n) is 9.82. The van der Waals surface area contributed by atoms with Gasteiger partial charge in [-0.2, -0.15) is 0 Å². The van der Waals surface area contributed by atoms with E-state index in [2.05, 4.69) is 0 Å². The molecule has 8 heteroatoms. The SMILES string of the molecule is O=S(=O)(Cl)c1cccc(-c2ccccc2)c1S(=O)(=O)Cl. The summed E-state index contributed by atoms with van der Waals surface area (Å²) in [7, 11) is 2.13. The van der Waals surface area contributed by atoms with Crippen molar-refractivity contribution in [3.05, 3.63) is 48.5 Å². The Hall–Kier alpha value is -1.08. The van der Waals surface area contributed by atoms with Crippen LogP contribution in [-0.2, 0) is 18.1 Å². The maximum Gasteiger partial charge on any atom is 0.263 e. The molecule has 20 heavy (non-hydrogen) atoms. The Kier molecular flexibility index (Phi) is 4.11. The predicted octanol–water partition coefficient (Wildman–Crippen LogP) is 3.21. The predicted molar refractivity (Wildman–Crippen MR) is 78.0 cm³/mol. The highest BCUT2D eigenvalue weighted by molar-refractivity contribution is 8.16. The molecule has 0 spiro atoms. The van der Waals surface area contributed by atoms with Gasteiger partial charge >= 0.3 is 0 Å². The Balaban J connectivity index is 2.92. The molecule has 0 saturated heterocycles. The Morgan fingerprint density at radius 1 is 0.700 bits per heavy atom. The lowest BCUT2D eigenvalue weighted by Gasteiger charge is -2.10. The summed E-state index contributed by atoms with van der Waals surface area (Å²) in [6.07, 6.45) is 0. The third-order valence-electron chi connectivity index (χ3n) is 2.57. The summed E-state index contributed by atoms with van der Waals surface area (Å²) in [4.78, 5) is -1.04. The van der Waals surface area contributed by atoms with Gasteiger partial charge in [0.25, 0.3) is 18.1 Å². The van der Waals surface area contributed by atoms with Crippen LogP contribution in [0.4, 0.5) is 0 Å². The van der Waals surface area contributed by atoms with Crippen molar-refractivity contribution in [1.29, 1.82) is 0 Å². The summed E-state index contributed by atoms with van der Waals surface area (Å²) in [6.45, 7) is 0. The average Bonchev–Trinajstić information content (AvgIpc) is 2.37. The minimum atomic E-state index is -4.29. The van der Waals surface area contributed by atoms with Crippen LogP contribution < -0.4 is 0 Å². The van der Waals surface area contributed by atoms with Crippen molar-refractivity contribution in [2.24, 2.45) is 0 Å². The van der Waals surface area contributed by atoms with Gasteiger partial charge in [-0.1, -0.05) is 42.5 Å². The minimum absolute atomic E-state index is 0.183.